The zero-order valence-corrected chi connectivity index (χ0v) is 15.6. The maximum Gasteiger partial charge on any atom is 0.338 e. The first kappa shape index (κ1) is 20.2. The maximum atomic E-state index is 11.6. The minimum Gasteiger partial charge on any atom is -0.478 e. The molecule has 1 aliphatic heterocycles. The standard InChI is InChI=1S/C18H26N2O2.C2H6/c1-5-15-16(6-2)20(13(4)17(15)18(21)22)12-14-8-10-19(7-3)11-9-14;1-2/h5-6,14H,1-2,7-12H2,3-4H3,(H,21,22);1-2H3. The number of piperidine rings is 1. The van der Waals surface area contributed by atoms with Gasteiger partial charge in [0.05, 0.1) is 5.56 Å². The van der Waals surface area contributed by atoms with Gasteiger partial charge in [0, 0.05) is 23.5 Å². The molecular formula is C20H32N2O2. The second-order valence-corrected chi connectivity index (χ2v) is 5.96. The SMILES string of the molecule is C=Cc1c(C(=O)O)c(C)n(CC2CCN(CC)CC2)c1C=C.CC. The molecule has 0 atom stereocenters. The molecule has 0 aromatic carbocycles. The van der Waals surface area contributed by atoms with Crippen LogP contribution in [-0.2, 0) is 6.54 Å². The summed E-state index contributed by atoms with van der Waals surface area (Å²) in [5, 5.41) is 9.48. The molecule has 134 valence electrons. The average Bonchev–Trinajstić information content (AvgIpc) is 2.88. The van der Waals surface area contributed by atoms with Gasteiger partial charge in [-0.3, -0.25) is 0 Å². The van der Waals surface area contributed by atoms with Crippen LogP contribution >= 0.6 is 0 Å². The summed E-state index contributed by atoms with van der Waals surface area (Å²) in [7, 11) is 0. The fourth-order valence-electron chi connectivity index (χ4n) is 3.46. The van der Waals surface area contributed by atoms with Crippen molar-refractivity contribution in [1.82, 2.24) is 9.47 Å². The molecule has 1 aromatic rings. The summed E-state index contributed by atoms with van der Waals surface area (Å²) in [4.78, 5) is 14.0. The van der Waals surface area contributed by atoms with Crippen LogP contribution in [0.15, 0.2) is 13.2 Å². The Hall–Kier alpha value is -1.81. The number of aromatic carboxylic acids is 1. The third-order valence-electron chi connectivity index (χ3n) is 4.81. The van der Waals surface area contributed by atoms with Crippen molar-refractivity contribution in [3.63, 3.8) is 0 Å². The highest BCUT2D eigenvalue weighted by Crippen LogP contribution is 2.28. The smallest absolute Gasteiger partial charge is 0.338 e. The molecule has 1 N–H and O–H groups in total. The molecule has 0 aliphatic carbocycles. The summed E-state index contributed by atoms with van der Waals surface area (Å²) in [6.45, 7) is 19.9. The third-order valence-corrected chi connectivity index (χ3v) is 4.81. The number of nitrogens with zero attached hydrogens (tertiary/aromatic N) is 2. The van der Waals surface area contributed by atoms with Gasteiger partial charge in [-0.1, -0.05) is 40.0 Å². The Morgan fingerprint density at radius 1 is 1.25 bits per heavy atom. The zero-order valence-electron chi connectivity index (χ0n) is 15.6. The van der Waals surface area contributed by atoms with Gasteiger partial charge in [-0.2, -0.15) is 0 Å². The minimum atomic E-state index is -0.893. The molecule has 2 rings (SSSR count). The average molecular weight is 332 g/mol. The number of hydrogen-bond donors (Lipinski definition) is 1. The van der Waals surface area contributed by atoms with Crippen LogP contribution in [0.25, 0.3) is 12.2 Å². The Morgan fingerprint density at radius 2 is 1.83 bits per heavy atom. The Balaban J connectivity index is 0.00000139. The van der Waals surface area contributed by atoms with E-state index in [9.17, 15) is 9.90 Å². The van der Waals surface area contributed by atoms with Crippen LogP contribution in [-0.4, -0.2) is 40.2 Å². The van der Waals surface area contributed by atoms with Gasteiger partial charge in [-0.25, -0.2) is 4.79 Å². The first-order chi connectivity index (χ1) is 11.5. The summed E-state index contributed by atoms with van der Waals surface area (Å²) in [5.74, 6) is -0.304. The van der Waals surface area contributed by atoms with Crippen molar-refractivity contribution in [2.24, 2.45) is 5.92 Å². The van der Waals surface area contributed by atoms with Crippen molar-refractivity contribution in [2.45, 2.75) is 47.1 Å². The molecule has 0 bridgehead atoms. The van der Waals surface area contributed by atoms with Gasteiger partial charge < -0.3 is 14.6 Å². The highest BCUT2D eigenvalue weighted by molar-refractivity contribution is 5.95. The van der Waals surface area contributed by atoms with E-state index >= 15 is 0 Å². The summed E-state index contributed by atoms with van der Waals surface area (Å²) >= 11 is 0. The Morgan fingerprint density at radius 3 is 2.25 bits per heavy atom. The number of rotatable bonds is 6. The van der Waals surface area contributed by atoms with E-state index in [0.717, 1.165) is 50.4 Å². The van der Waals surface area contributed by atoms with Crippen LogP contribution in [0, 0.1) is 12.8 Å². The van der Waals surface area contributed by atoms with Gasteiger partial charge in [0.1, 0.15) is 0 Å². The van der Waals surface area contributed by atoms with Crippen molar-refractivity contribution >= 4 is 18.1 Å². The fraction of sp³-hybridized carbons (Fsp3) is 0.550. The van der Waals surface area contributed by atoms with Crippen LogP contribution in [0.5, 0.6) is 0 Å². The number of carboxylic acids is 1. The predicted octanol–water partition coefficient (Wildman–Crippen LogP) is 4.54. The Kier molecular flexibility index (Phi) is 7.99. The largest absolute Gasteiger partial charge is 0.478 e. The lowest BCUT2D eigenvalue weighted by molar-refractivity contribution is 0.0695. The first-order valence-electron chi connectivity index (χ1n) is 8.97. The summed E-state index contributed by atoms with van der Waals surface area (Å²) < 4.78 is 2.11. The van der Waals surface area contributed by atoms with Crippen LogP contribution in [0.4, 0.5) is 0 Å². The van der Waals surface area contributed by atoms with Crippen molar-refractivity contribution in [3.05, 3.63) is 35.7 Å². The lowest BCUT2D eigenvalue weighted by atomic mass is 9.96. The van der Waals surface area contributed by atoms with E-state index < -0.39 is 5.97 Å². The molecule has 0 spiro atoms. The highest BCUT2D eigenvalue weighted by Gasteiger charge is 2.25. The normalized spacial score (nSPS) is 15.5. The van der Waals surface area contributed by atoms with Gasteiger partial charge in [-0.15, -0.1) is 0 Å². The van der Waals surface area contributed by atoms with E-state index in [-0.39, 0.29) is 0 Å². The molecule has 1 fully saturated rings. The van der Waals surface area contributed by atoms with Gasteiger partial charge in [0.25, 0.3) is 0 Å². The summed E-state index contributed by atoms with van der Waals surface area (Å²) in [6.07, 6.45) is 5.70. The lowest BCUT2D eigenvalue weighted by Crippen LogP contribution is -2.34. The molecule has 1 saturated heterocycles. The maximum absolute atomic E-state index is 11.6. The van der Waals surface area contributed by atoms with Crippen molar-refractivity contribution < 1.29 is 9.90 Å². The number of likely N-dealkylation sites (tertiary alicyclic amines) is 1. The van der Waals surface area contributed by atoms with E-state index in [2.05, 4.69) is 29.5 Å². The summed E-state index contributed by atoms with van der Waals surface area (Å²) in [5.41, 5.74) is 2.72. The van der Waals surface area contributed by atoms with Crippen LogP contribution in [0.1, 0.15) is 60.9 Å². The molecule has 4 nitrogen and oxygen atoms in total. The molecule has 0 unspecified atom stereocenters. The van der Waals surface area contributed by atoms with E-state index in [1.807, 2.05) is 20.8 Å². The highest BCUT2D eigenvalue weighted by atomic mass is 16.4. The van der Waals surface area contributed by atoms with Crippen LogP contribution in [0.3, 0.4) is 0 Å². The molecule has 4 heteroatoms. The molecule has 1 aromatic heterocycles. The van der Waals surface area contributed by atoms with E-state index in [0.29, 0.717) is 17.0 Å². The molecule has 2 heterocycles. The third kappa shape index (κ3) is 4.18. The van der Waals surface area contributed by atoms with Crippen molar-refractivity contribution in [1.29, 1.82) is 0 Å². The molecule has 0 saturated carbocycles. The quantitative estimate of drug-likeness (QED) is 0.832. The zero-order chi connectivity index (χ0) is 18.3. The number of carboxylic acid groups (broad SMARTS) is 1. The number of carbonyl (C=O) groups is 1. The molecule has 1 aliphatic rings. The predicted molar refractivity (Wildman–Crippen MR) is 102 cm³/mol. The fourth-order valence-corrected chi connectivity index (χ4v) is 3.46. The second-order valence-electron chi connectivity index (χ2n) is 5.96. The van der Waals surface area contributed by atoms with Crippen LogP contribution < -0.4 is 0 Å². The lowest BCUT2D eigenvalue weighted by Gasteiger charge is -2.31. The van der Waals surface area contributed by atoms with Crippen molar-refractivity contribution in [2.75, 3.05) is 19.6 Å². The van der Waals surface area contributed by atoms with Gasteiger partial charge in [-0.05, 0) is 51.4 Å². The molecule has 0 radical (unpaired) electrons. The van der Waals surface area contributed by atoms with Crippen molar-refractivity contribution in [3.8, 4) is 0 Å². The second kappa shape index (κ2) is 9.48. The Labute approximate surface area is 146 Å². The monoisotopic (exact) mass is 332 g/mol. The Bertz CT molecular complexity index is 579. The molecule has 0 amide bonds. The molecule has 24 heavy (non-hydrogen) atoms. The van der Waals surface area contributed by atoms with Gasteiger partial charge >= 0.3 is 5.97 Å². The number of aromatic nitrogens is 1. The van der Waals surface area contributed by atoms with Crippen LogP contribution in [0.2, 0.25) is 0 Å². The number of hydrogen-bond acceptors (Lipinski definition) is 2. The first-order valence-corrected chi connectivity index (χ1v) is 8.97. The minimum absolute atomic E-state index is 0.357. The van der Waals surface area contributed by atoms with E-state index in [1.165, 1.54) is 0 Å². The topological polar surface area (TPSA) is 45.5 Å². The van der Waals surface area contributed by atoms with E-state index in [1.54, 1.807) is 12.2 Å². The van der Waals surface area contributed by atoms with E-state index in [4.69, 9.17) is 0 Å². The van der Waals surface area contributed by atoms with Gasteiger partial charge in [0.2, 0.25) is 0 Å². The summed E-state index contributed by atoms with van der Waals surface area (Å²) in [6, 6.07) is 0. The molecular weight excluding hydrogens is 300 g/mol. The van der Waals surface area contributed by atoms with Gasteiger partial charge in [0.15, 0.2) is 0 Å².